The van der Waals surface area contributed by atoms with E-state index in [0.717, 1.165) is 13.0 Å². The van der Waals surface area contributed by atoms with Crippen molar-refractivity contribution in [1.29, 1.82) is 0 Å². The summed E-state index contributed by atoms with van der Waals surface area (Å²) in [5, 5.41) is 0. The van der Waals surface area contributed by atoms with Crippen molar-refractivity contribution in [3.63, 3.8) is 0 Å². The lowest BCUT2D eigenvalue weighted by atomic mass is 10.7. The Kier molecular flexibility index (Phi) is 2.26. The van der Waals surface area contributed by atoms with Crippen molar-refractivity contribution in [2.45, 2.75) is 4.90 Å². The smallest absolute Gasteiger partial charge is 0.107 e. The van der Waals surface area contributed by atoms with Gasteiger partial charge in [0.05, 0.1) is 3.79 Å². The van der Waals surface area contributed by atoms with Crippen molar-refractivity contribution < 1.29 is 0 Å². The third-order valence-electron chi connectivity index (χ3n) is 0.639. The normalized spacial score (nSPS) is 9.88. The second-order valence-electron chi connectivity index (χ2n) is 1.21. The first kappa shape index (κ1) is 6.93. The molecule has 0 spiro atoms. The maximum absolute atomic E-state index is 5.64. The van der Waals surface area contributed by atoms with Gasteiger partial charge in [0, 0.05) is 4.90 Å². The Bertz CT molecular complexity index is 176. The van der Waals surface area contributed by atoms with Crippen molar-refractivity contribution in [2.24, 2.45) is 0 Å². The molecular formula is C4H2BrClS2. The van der Waals surface area contributed by atoms with E-state index < -0.39 is 0 Å². The molecule has 4 heteroatoms. The minimum Gasteiger partial charge on any atom is -0.141 e. The molecule has 0 unspecified atom stereocenters. The van der Waals surface area contributed by atoms with Gasteiger partial charge in [0.1, 0.15) is 4.34 Å². The van der Waals surface area contributed by atoms with E-state index >= 15 is 0 Å². The summed E-state index contributed by atoms with van der Waals surface area (Å²) in [4.78, 5) is 0.837. The van der Waals surface area contributed by atoms with Gasteiger partial charge in [0.2, 0.25) is 0 Å². The Balaban J connectivity index is 3.14. The van der Waals surface area contributed by atoms with Gasteiger partial charge in [-0.3, -0.25) is 0 Å². The molecule has 0 aromatic carbocycles. The molecule has 0 aliphatic heterocycles. The number of hydrogen-bond acceptors (Lipinski definition) is 2. The van der Waals surface area contributed by atoms with Crippen LogP contribution in [0.15, 0.2) is 14.7 Å². The van der Waals surface area contributed by atoms with Crippen molar-refractivity contribution in [3.8, 4) is 0 Å². The maximum atomic E-state index is 5.64. The van der Waals surface area contributed by atoms with Crippen molar-refractivity contribution >= 4 is 51.5 Å². The number of thiol groups is 1. The van der Waals surface area contributed by atoms with Crippen LogP contribution in [0.3, 0.4) is 0 Å². The number of halogens is 2. The first-order valence-corrected chi connectivity index (χ1v) is 4.27. The van der Waals surface area contributed by atoms with E-state index in [-0.39, 0.29) is 0 Å². The largest absolute Gasteiger partial charge is 0.141 e. The Labute approximate surface area is 70.4 Å². The highest BCUT2D eigenvalue weighted by molar-refractivity contribution is 9.11. The summed E-state index contributed by atoms with van der Waals surface area (Å²) in [6.07, 6.45) is 0. The second kappa shape index (κ2) is 2.60. The van der Waals surface area contributed by atoms with E-state index in [2.05, 4.69) is 28.6 Å². The van der Waals surface area contributed by atoms with Crippen LogP contribution < -0.4 is 0 Å². The van der Waals surface area contributed by atoms with Crippen molar-refractivity contribution in [3.05, 3.63) is 14.2 Å². The molecule has 0 saturated carbocycles. The lowest BCUT2D eigenvalue weighted by Gasteiger charge is -1.75. The zero-order valence-electron chi connectivity index (χ0n) is 3.69. The minimum absolute atomic E-state index is 0.736. The zero-order valence-corrected chi connectivity index (χ0v) is 7.74. The van der Waals surface area contributed by atoms with E-state index in [1.807, 2.05) is 6.07 Å². The van der Waals surface area contributed by atoms with Crippen LogP contribution >= 0.6 is 51.5 Å². The molecule has 1 aromatic rings. The van der Waals surface area contributed by atoms with Gasteiger partial charge in [0.25, 0.3) is 0 Å². The predicted molar refractivity (Wildman–Crippen MR) is 44.3 cm³/mol. The quantitative estimate of drug-likeness (QED) is 0.647. The minimum atomic E-state index is 0.736. The van der Waals surface area contributed by atoms with Crippen LogP contribution in [0.4, 0.5) is 0 Å². The van der Waals surface area contributed by atoms with E-state index in [1.165, 1.54) is 11.3 Å². The highest BCUT2D eigenvalue weighted by Crippen LogP contribution is 2.33. The number of thiophene rings is 1. The second-order valence-corrected chi connectivity index (χ2v) is 4.72. The van der Waals surface area contributed by atoms with Crippen LogP contribution in [0.5, 0.6) is 0 Å². The molecule has 0 radical (unpaired) electrons. The van der Waals surface area contributed by atoms with Crippen LogP contribution in [0.1, 0.15) is 0 Å². The average molecular weight is 230 g/mol. The Morgan fingerprint density at radius 3 is 2.50 bits per heavy atom. The molecule has 1 rings (SSSR count). The van der Waals surface area contributed by atoms with E-state index in [1.54, 1.807) is 0 Å². The third-order valence-corrected chi connectivity index (χ3v) is 3.14. The third kappa shape index (κ3) is 1.41. The molecule has 0 bridgehead atoms. The van der Waals surface area contributed by atoms with Crippen molar-refractivity contribution in [2.75, 3.05) is 0 Å². The topological polar surface area (TPSA) is 0 Å². The summed E-state index contributed by atoms with van der Waals surface area (Å²) < 4.78 is 1.76. The van der Waals surface area contributed by atoms with E-state index in [9.17, 15) is 0 Å². The number of rotatable bonds is 0. The van der Waals surface area contributed by atoms with Crippen LogP contribution in [0.25, 0.3) is 0 Å². The van der Waals surface area contributed by atoms with Crippen LogP contribution in [-0.2, 0) is 0 Å². The highest BCUT2D eigenvalue weighted by atomic mass is 79.9. The first-order valence-electron chi connectivity index (χ1n) is 1.84. The molecule has 0 saturated heterocycles. The molecule has 0 fully saturated rings. The molecule has 0 atom stereocenters. The Hall–Kier alpha value is 0.820. The van der Waals surface area contributed by atoms with Crippen LogP contribution in [-0.4, -0.2) is 0 Å². The van der Waals surface area contributed by atoms with Gasteiger partial charge in [-0.25, -0.2) is 0 Å². The Morgan fingerprint density at radius 1 is 1.75 bits per heavy atom. The standard InChI is InChI=1S/C4H2BrClS2/c5-3-1-2(7)4(6)8-3/h1,7H. The zero-order chi connectivity index (χ0) is 6.15. The molecule has 0 amide bonds. The fraction of sp³-hybridized carbons (Fsp3) is 0. The summed E-state index contributed by atoms with van der Waals surface area (Å²) in [7, 11) is 0. The molecule has 0 aliphatic rings. The van der Waals surface area contributed by atoms with Crippen molar-refractivity contribution in [1.82, 2.24) is 0 Å². The fourth-order valence-electron chi connectivity index (χ4n) is 0.332. The summed E-state index contributed by atoms with van der Waals surface area (Å²) >= 11 is 14.5. The average Bonchev–Trinajstić information content (AvgIpc) is 1.85. The van der Waals surface area contributed by atoms with Gasteiger partial charge in [-0.1, -0.05) is 11.6 Å². The first-order chi connectivity index (χ1) is 3.70. The lowest BCUT2D eigenvalue weighted by Crippen LogP contribution is -1.46. The molecule has 8 heavy (non-hydrogen) atoms. The summed E-state index contributed by atoms with van der Waals surface area (Å²) in [5.41, 5.74) is 0. The highest BCUT2D eigenvalue weighted by Gasteiger charge is 1.98. The van der Waals surface area contributed by atoms with E-state index in [4.69, 9.17) is 11.6 Å². The molecule has 0 aliphatic carbocycles. The van der Waals surface area contributed by atoms with Gasteiger partial charge in [-0.2, -0.15) is 0 Å². The lowest BCUT2D eigenvalue weighted by molar-refractivity contribution is 1.60. The molecule has 0 N–H and O–H groups in total. The molecule has 1 aromatic heterocycles. The molecule has 44 valence electrons. The van der Waals surface area contributed by atoms with Gasteiger partial charge >= 0.3 is 0 Å². The fourth-order valence-corrected chi connectivity index (χ4v) is 2.67. The van der Waals surface area contributed by atoms with Gasteiger partial charge in [0.15, 0.2) is 0 Å². The van der Waals surface area contributed by atoms with Crippen LogP contribution in [0, 0.1) is 0 Å². The monoisotopic (exact) mass is 228 g/mol. The molecular weight excluding hydrogens is 228 g/mol. The summed E-state index contributed by atoms with van der Waals surface area (Å²) in [6, 6.07) is 1.87. The Morgan fingerprint density at radius 2 is 2.38 bits per heavy atom. The summed E-state index contributed by atoms with van der Waals surface area (Å²) in [6.45, 7) is 0. The van der Waals surface area contributed by atoms with Crippen LogP contribution in [0.2, 0.25) is 4.34 Å². The predicted octanol–water partition coefficient (Wildman–Crippen LogP) is 3.45. The number of hydrogen-bond donors (Lipinski definition) is 1. The summed E-state index contributed by atoms with van der Waals surface area (Å²) in [5.74, 6) is 0. The van der Waals surface area contributed by atoms with Gasteiger partial charge in [-0.15, -0.1) is 24.0 Å². The van der Waals surface area contributed by atoms with Gasteiger partial charge in [-0.05, 0) is 22.0 Å². The maximum Gasteiger partial charge on any atom is 0.107 e. The van der Waals surface area contributed by atoms with Gasteiger partial charge < -0.3 is 0 Å². The molecule has 1 heterocycles. The molecule has 0 nitrogen and oxygen atoms in total. The SMILES string of the molecule is Sc1cc(Br)sc1Cl. The van der Waals surface area contributed by atoms with E-state index in [0.29, 0.717) is 0 Å².